The van der Waals surface area contributed by atoms with Gasteiger partial charge in [-0.05, 0) is 37.0 Å². The van der Waals surface area contributed by atoms with Crippen LogP contribution < -0.4 is 0 Å². The number of aliphatic carboxylic acids is 1. The van der Waals surface area contributed by atoms with Gasteiger partial charge in [0.15, 0.2) is 0 Å². The third-order valence-corrected chi connectivity index (χ3v) is 4.73. The lowest BCUT2D eigenvalue weighted by molar-refractivity contribution is -0.146. The Balaban J connectivity index is 2.03. The molecular formula is C14H24O2. The van der Waals surface area contributed by atoms with Crippen LogP contribution in [0.3, 0.4) is 0 Å². The van der Waals surface area contributed by atoms with Crippen molar-refractivity contribution in [3.63, 3.8) is 0 Å². The first-order valence-electron chi connectivity index (χ1n) is 6.91. The molecule has 2 nitrogen and oxygen atoms in total. The third kappa shape index (κ3) is 2.58. The molecule has 0 heterocycles. The molecular weight excluding hydrogens is 200 g/mol. The highest BCUT2D eigenvalue weighted by atomic mass is 16.4. The van der Waals surface area contributed by atoms with Gasteiger partial charge >= 0.3 is 5.97 Å². The van der Waals surface area contributed by atoms with Crippen LogP contribution in [0.1, 0.15) is 58.3 Å². The van der Waals surface area contributed by atoms with E-state index >= 15 is 0 Å². The molecule has 2 aliphatic rings. The molecule has 0 amide bonds. The molecule has 0 aromatic heterocycles. The standard InChI is InChI=1S/C14H24O2/c1-10-7-8-12(14(15)16)13(9-10)11-5-3-2-4-6-11/h10-13H,2-9H2,1H3,(H,15,16)/t10-,12-,13+/m1/s1. The summed E-state index contributed by atoms with van der Waals surface area (Å²) in [6, 6.07) is 0. The third-order valence-electron chi connectivity index (χ3n) is 4.73. The quantitative estimate of drug-likeness (QED) is 0.776. The first-order valence-corrected chi connectivity index (χ1v) is 6.91. The average molecular weight is 224 g/mol. The first kappa shape index (κ1) is 11.9. The fraction of sp³-hybridized carbons (Fsp3) is 0.929. The molecule has 0 aromatic carbocycles. The molecule has 3 atom stereocenters. The van der Waals surface area contributed by atoms with Crippen LogP contribution in [-0.2, 0) is 4.79 Å². The Hall–Kier alpha value is -0.530. The van der Waals surface area contributed by atoms with E-state index in [1.54, 1.807) is 0 Å². The van der Waals surface area contributed by atoms with E-state index in [1.807, 2.05) is 0 Å². The number of hydrogen-bond donors (Lipinski definition) is 1. The highest BCUT2D eigenvalue weighted by Gasteiger charge is 2.38. The van der Waals surface area contributed by atoms with Gasteiger partial charge in [-0.1, -0.05) is 39.0 Å². The smallest absolute Gasteiger partial charge is 0.306 e. The van der Waals surface area contributed by atoms with Crippen molar-refractivity contribution in [3.8, 4) is 0 Å². The van der Waals surface area contributed by atoms with Crippen molar-refractivity contribution >= 4 is 5.97 Å². The van der Waals surface area contributed by atoms with Crippen LogP contribution in [0.15, 0.2) is 0 Å². The molecule has 0 spiro atoms. The molecule has 2 saturated carbocycles. The van der Waals surface area contributed by atoms with Gasteiger partial charge < -0.3 is 5.11 Å². The summed E-state index contributed by atoms with van der Waals surface area (Å²) in [6.45, 7) is 2.29. The van der Waals surface area contributed by atoms with Gasteiger partial charge in [0.2, 0.25) is 0 Å². The molecule has 92 valence electrons. The van der Waals surface area contributed by atoms with Crippen LogP contribution in [-0.4, -0.2) is 11.1 Å². The molecule has 1 N–H and O–H groups in total. The Morgan fingerprint density at radius 1 is 1.06 bits per heavy atom. The zero-order valence-corrected chi connectivity index (χ0v) is 10.3. The fourth-order valence-electron chi connectivity index (χ4n) is 3.81. The second-order valence-electron chi connectivity index (χ2n) is 5.92. The van der Waals surface area contributed by atoms with Crippen molar-refractivity contribution in [2.24, 2.45) is 23.7 Å². The van der Waals surface area contributed by atoms with Crippen LogP contribution in [0.25, 0.3) is 0 Å². The fourth-order valence-corrected chi connectivity index (χ4v) is 3.81. The molecule has 2 aliphatic carbocycles. The monoisotopic (exact) mass is 224 g/mol. The maximum atomic E-state index is 11.3. The molecule has 0 aliphatic heterocycles. The molecule has 0 aromatic rings. The highest BCUT2D eigenvalue weighted by Crippen LogP contribution is 2.43. The van der Waals surface area contributed by atoms with Crippen molar-refractivity contribution in [1.29, 1.82) is 0 Å². The molecule has 0 unspecified atom stereocenters. The van der Waals surface area contributed by atoms with E-state index in [2.05, 4.69) is 6.92 Å². The molecule has 0 saturated heterocycles. The van der Waals surface area contributed by atoms with Crippen LogP contribution in [0, 0.1) is 23.7 Å². The van der Waals surface area contributed by atoms with E-state index in [0.29, 0.717) is 11.8 Å². The normalized spacial score (nSPS) is 37.2. The summed E-state index contributed by atoms with van der Waals surface area (Å²) < 4.78 is 0. The minimum absolute atomic E-state index is 0.0423. The Kier molecular flexibility index (Phi) is 3.88. The van der Waals surface area contributed by atoms with Gasteiger partial charge in [0.25, 0.3) is 0 Å². The number of carbonyl (C=O) groups is 1. The van der Waals surface area contributed by atoms with Crippen molar-refractivity contribution in [1.82, 2.24) is 0 Å². The number of carboxylic acids is 1. The van der Waals surface area contributed by atoms with Gasteiger partial charge in [-0.25, -0.2) is 0 Å². The second kappa shape index (κ2) is 5.20. The Morgan fingerprint density at radius 2 is 1.75 bits per heavy atom. The number of carboxylic acid groups (broad SMARTS) is 1. The highest BCUT2D eigenvalue weighted by molar-refractivity contribution is 5.70. The summed E-state index contributed by atoms with van der Waals surface area (Å²) >= 11 is 0. The molecule has 16 heavy (non-hydrogen) atoms. The zero-order chi connectivity index (χ0) is 11.5. The van der Waals surface area contributed by atoms with E-state index in [-0.39, 0.29) is 5.92 Å². The van der Waals surface area contributed by atoms with E-state index in [0.717, 1.165) is 25.2 Å². The number of rotatable bonds is 2. The molecule has 0 bridgehead atoms. The van der Waals surface area contributed by atoms with E-state index in [4.69, 9.17) is 0 Å². The topological polar surface area (TPSA) is 37.3 Å². The summed E-state index contributed by atoms with van der Waals surface area (Å²) in [5, 5.41) is 9.33. The van der Waals surface area contributed by atoms with E-state index in [9.17, 15) is 9.90 Å². The Bertz CT molecular complexity index is 243. The predicted octanol–water partition coefficient (Wildman–Crippen LogP) is 3.70. The van der Waals surface area contributed by atoms with E-state index < -0.39 is 5.97 Å². The largest absolute Gasteiger partial charge is 0.481 e. The minimum atomic E-state index is -0.539. The molecule has 2 rings (SSSR count). The predicted molar refractivity (Wildman–Crippen MR) is 64.2 cm³/mol. The SMILES string of the molecule is C[C@@H]1CC[C@@H](C(=O)O)[C@H](C2CCCCC2)C1. The van der Waals surface area contributed by atoms with Crippen molar-refractivity contribution in [2.45, 2.75) is 58.3 Å². The van der Waals surface area contributed by atoms with Crippen LogP contribution >= 0.6 is 0 Å². The molecule has 2 fully saturated rings. The summed E-state index contributed by atoms with van der Waals surface area (Å²) in [5.41, 5.74) is 0. The second-order valence-corrected chi connectivity index (χ2v) is 5.92. The van der Waals surface area contributed by atoms with Crippen LogP contribution in [0.5, 0.6) is 0 Å². The Labute approximate surface area is 98.4 Å². The van der Waals surface area contributed by atoms with Crippen LogP contribution in [0.4, 0.5) is 0 Å². The van der Waals surface area contributed by atoms with E-state index in [1.165, 1.54) is 32.1 Å². The lowest BCUT2D eigenvalue weighted by Gasteiger charge is -2.39. The minimum Gasteiger partial charge on any atom is -0.481 e. The molecule has 0 radical (unpaired) electrons. The molecule has 2 heteroatoms. The van der Waals surface area contributed by atoms with Crippen molar-refractivity contribution < 1.29 is 9.90 Å². The summed E-state index contributed by atoms with van der Waals surface area (Å²) in [6.07, 6.45) is 9.74. The summed E-state index contributed by atoms with van der Waals surface area (Å²) in [4.78, 5) is 11.3. The van der Waals surface area contributed by atoms with Gasteiger partial charge in [-0.2, -0.15) is 0 Å². The first-order chi connectivity index (χ1) is 7.68. The maximum absolute atomic E-state index is 11.3. The average Bonchev–Trinajstić information content (AvgIpc) is 2.29. The van der Waals surface area contributed by atoms with Gasteiger partial charge in [-0.3, -0.25) is 4.79 Å². The van der Waals surface area contributed by atoms with Gasteiger partial charge in [0, 0.05) is 0 Å². The zero-order valence-electron chi connectivity index (χ0n) is 10.3. The maximum Gasteiger partial charge on any atom is 0.306 e. The van der Waals surface area contributed by atoms with Gasteiger partial charge in [-0.15, -0.1) is 0 Å². The Morgan fingerprint density at radius 3 is 2.38 bits per heavy atom. The lowest BCUT2D eigenvalue weighted by Crippen LogP contribution is -2.35. The summed E-state index contributed by atoms with van der Waals surface area (Å²) in [5.74, 6) is 1.34. The summed E-state index contributed by atoms with van der Waals surface area (Å²) in [7, 11) is 0. The van der Waals surface area contributed by atoms with Gasteiger partial charge in [0.05, 0.1) is 5.92 Å². The van der Waals surface area contributed by atoms with Crippen LogP contribution in [0.2, 0.25) is 0 Å². The van der Waals surface area contributed by atoms with Crippen molar-refractivity contribution in [3.05, 3.63) is 0 Å². The number of hydrogen-bond acceptors (Lipinski definition) is 1. The van der Waals surface area contributed by atoms with Crippen molar-refractivity contribution in [2.75, 3.05) is 0 Å². The lowest BCUT2D eigenvalue weighted by atomic mass is 9.65. The van der Waals surface area contributed by atoms with Gasteiger partial charge in [0.1, 0.15) is 0 Å².